The van der Waals surface area contributed by atoms with Crippen LogP contribution in [0.1, 0.15) is 11.8 Å². The number of rotatable bonds is 7. The van der Waals surface area contributed by atoms with Crippen molar-refractivity contribution in [2.24, 2.45) is 4.99 Å². The van der Waals surface area contributed by atoms with E-state index in [0.29, 0.717) is 6.54 Å². The molecule has 25 heavy (non-hydrogen) atoms. The van der Waals surface area contributed by atoms with Crippen LogP contribution in [0.3, 0.4) is 0 Å². The van der Waals surface area contributed by atoms with Crippen LogP contribution in [0.5, 0.6) is 5.75 Å². The minimum atomic E-state index is -0.346. The van der Waals surface area contributed by atoms with Gasteiger partial charge in [0.25, 0.3) is 0 Å². The highest BCUT2D eigenvalue weighted by Gasteiger charge is 2.11. The molecule has 1 N–H and O–H groups in total. The molecule has 1 aromatic carbocycles. The fourth-order valence-electron chi connectivity index (χ4n) is 2.26. The molecule has 0 saturated carbocycles. The maximum atomic E-state index is 13.6. The number of likely N-dealkylation sites (N-methyl/N-ethyl adjacent to an activating group) is 1. The maximum Gasteiger partial charge on any atom is 0.193 e. The van der Waals surface area contributed by atoms with Crippen LogP contribution in [-0.4, -0.2) is 44.1 Å². The van der Waals surface area contributed by atoms with Crippen molar-refractivity contribution in [2.45, 2.75) is 19.4 Å². The van der Waals surface area contributed by atoms with Crippen molar-refractivity contribution < 1.29 is 9.13 Å². The molecule has 1 aromatic heterocycles. The molecule has 0 spiro atoms. The molecular formula is C18H25FIN3OS. The van der Waals surface area contributed by atoms with Gasteiger partial charge in [0, 0.05) is 25.5 Å². The first-order valence-corrected chi connectivity index (χ1v) is 8.83. The monoisotopic (exact) mass is 477 g/mol. The Kier molecular flexibility index (Phi) is 9.81. The Hall–Kier alpha value is -1.35. The number of aliphatic imine (C=N–C) groups is 1. The first-order chi connectivity index (χ1) is 11.6. The number of para-hydroxylation sites is 1. The van der Waals surface area contributed by atoms with Gasteiger partial charge in [0.15, 0.2) is 17.5 Å². The van der Waals surface area contributed by atoms with Gasteiger partial charge >= 0.3 is 0 Å². The van der Waals surface area contributed by atoms with Crippen LogP contribution in [-0.2, 0) is 6.42 Å². The molecule has 138 valence electrons. The van der Waals surface area contributed by atoms with Crippen molar-refractivity contribution in [3.8, 4) is 5.75 Å². The third-order valence-corrected chi connectivity index (χ3v) is 4.50. The second kappa shape index (κ2) is 11.3. The third-order valence-electron chi connectivity index (χ3n) is 3.56. The summed E-state index contributed by atoms with van der Waals surface area (Å²) in [5.74, 6) is 0.727. The number of nitrogens with zero attached hydrogens (tertiary/aromatic N) is 2. The Balaban J connectivity index is 0.00000312. The molecule has 0 bridgehead atoms. The van der Waals surface area contributed by atoms with Crippen molar-refractivity contribution >= 4 is 41.3 Å². The van der Waals surface area contributed by atoms with E-state index in [2.05, 4.69) is 32.7 Å². The summed E-state index contributed by atoms with van der Waals surface area (Å²) < 4.78 is 19.2. The van der Waals surface area contributed by atoms with Crippen molar-refractivity contribution in [1.29, 1.82) is 0 Å². The highest BCUT2D eigenvalue weighted by Crippen LogP contribution is 2.16. The third kappa shape index (κ3) is 7.19. The molecular weight excluding hydrogens is 452 g/mol. The molecule has 0 aliphatic rings. The second-order valence-electron chi connectivity index (χ2n) is 5.54. The summed E-state index contributed by atoms with van der Waals surface area (Å²) >= 11 is 1.76. The van der Waals surface area contributed by atoms with Crippen LogP contribution >= 0.6 is 35.3 Å². The van der Waals surface area contributed by atoms with Gasteiger partial charge < -0.3 is 15.0 Å². The Labute approximate surface area is 170 Å². The van der Waals surface area contributed by atoms with E-state index in [1.54, 1.807) is 36.6 Å². The molecule has 1 unspecified atom stereocenters. The first kappa shape index (κ1) is 21.7. The summed E-state index contributed by atoms with van der Waals surface area (Å²) in [6.45, 7) is 3.32. The lowest BCUT2D eigenvalue weighted by Gasteiger charge is -2.23. The second-order valence-corrected chi connectivity index (χ2v) is 6.57. The van der Waals surface area contributed by atoms with E-state index in [9.17, 15) is 4.39 Å². The summed E-state index contributed by atoms with van der Waals surface area (Å²) in [4.78, 5) is 7.72. The Morgan fingerprint density at radius 3 is 2.72 bits per heavy atom. The summed E-state index contributed by atoms with van der Waals surface area (Å²) in [6.07, 6.45) is 0.806. The van der Waals surface area contributed by atoms with Gasteiger partial charge in [0.05, 0.1) is 6.54 Å². The molecule has 4 nitrogen and oxygen atoms in total. The number of hydrogen-bond donors (Lipinski definition) is 1. The number of halogens is 2. The number of ether oxygens (including phenoxy) is 1. The lowest BCUT2D eigenvalue weighted by molar-refractivity contribution is 0.213. The van der Waals surface area contributed by atoms with Gasteiger partial charge in [-0.05, 0) is 36.9 Å². The van der Waals surface area contributed by atoms with Crippen molar-refractivity contribution in [2.75, 3.05) is 27.2 Å². The molecule has 0 amide bonds. The number of benzene rings is 1. The zero-order chi connectivity index (χ0) is 17.4. The van der Waals surface area contributed by atoms with E-state index >= 15 is 0 Å². The zero-order valence-electron chi connectivity index (χ0n) is 14.7. The molecule has 0 saturated heterocycles. The Morgan fingerprint density at radius 2 is 2.08 bits per heavy atom. The Bertz CT molecular complexity index is 652. The van der Waals surface area contributed by atoms with Gasteiger partial charge in [-0.25, -0.2) is 4.39 Å². The highest BCUT2D eigenvalue weighted by atomic mass is 127. The first-order valence-electron chi connectivity index (χ1n) is 7.95. The molecule has 2 aromatic rings. The predicted octanol–water partition coefficient (Wildman–Crippen LogP) is 4.02. The van der Waals surface area contributed by atoms with E-state index in [0.717, 1.165) is 18.9 Å². The van der Waals surface area contributed by atoms with Gasteiger partial charge in [-0.3, -0.25) is 4.99 Å². The van der Waals surface area contributed by atoms with Crippen LogP contribution in [0.25, 0.3) is 0 Å². The van der Waals surface area contributed by atoms with E-state index in [1.165, 1.54) is 10.9 Å². The van der Waals surface area contributed by atoms with Crippen molar-refractivity contribution in [1.82, 2.24) is 10.2 Å². The largest absolute Gasteiger partial charge is 0.486 e. The summed E-state index contributed by atoms with van der Waals surface area (Å²) in [7, 11) is 3.76. The van der Waals surface area contributed by atoms with E-state index < -0.39 is 0 Å². The van der Waals surface area contributed by atoms with Crippen molar-refractivity contribution in [3.63, 3.8) is 0 Å². The fraction of sp³-hybridized carbons (Fsp3) is 0.389. The van der Waals surface area contributed by atoms with Crippen molar-refractivity contribution in [3.05, 3.63) is 52.5 Å². The zero-order valence-corrected chi connectivity index (χ0v) is 17.9. The summed E-state index contributed by atoms with van der Waals surface area (Å²) in [6, 6.07) is 10.6. The molecule has 2 rings (SSSR count). The van der Waals surface area contributed by atoms with Crippen LogP contribution in [0.2, 0.25) is 0 Å². The Morgan fingerprint density at radius 1 is 1.32 bits per heavy atom. The van der Waals surface area contributed by atoms with E-state index in [4.69, 9.17) is 4.74 Å². The number of nitrogens with one attached hydrogen (secondary N) is 1. The van der Waals surface area contributed by atoms with Crippen LogP contribution in [0, 0.1) is 5.82 Å². The smallest absolute Gasteiger partial charge is 0.193 e. The quantitative estimate of drug-likeness (QED) is 0.372. The number of hydrogen-bond acceptors (Lipinski definition) is 3. The molecule has 0 radical (unpaired) electrons. The molecule has 0 fully saturated rings. The van der Waals surface area contributed by atoms with Gasteiger partial charge in [-0.15, -0.1) is 35.3 Å². The fourth-order valence-corrected chi connectivity index (χ4v) is 2.96. The number of thiophene rings is 1. The molecule has 0 aliphatic carbocycles. The molecule has 7 heteroatoms. The molecule has 1 atom stereocenters. The van der Waals surface area contributed by atoms with E-state index in [1.807, 2.05) is 14.0 Å². The minimum absolute atomic E-state index is 0. The van der Waals surface area contributed by atoms with Gasteiger partial charge in [-0.2, -0.15) is 0 Å². The predicted molar refractivity (Wildman–Crippen MR) is 114 cm³/mol. The minimum Gasteiger partial charge on any atom is -0.486 e. The van der Waals surface area contributed by atoms with Crippen LogP contribution < -0.4 is 10.1 Å². The van der Waals surface area contributed by atoms with Crippen LogP contribution in [0.15, 0.2) is 46.8 Å². The van der Waals surface area contributed by atoms with Gasteiger partial charge in [-0.1, -0.05) is 18.2 Å². The normalized spacial score (nSPS) is 12.2. The van der Waals surface area contributed by atoms with Crippen LogP contribution in [0.4, 0.5) is 4.39 Å². The molecule has 1 heterocycles. The lowest BCUT2D eigenvalue weighted by Crippen LogP contribution is -2.43. The summed E-state index contributed by atoms with van der Waals surface area (Å²) in [5.41, 5.74) is 0. The van der Waals surface area contributed by atoms with Gasteiger partial charge in [0.2, 0.25) is 0 Å². The lowest BCUT2D eigenvalue weighted by atomic mass is 10.3. The average molecular weight is 477 g/mol. The molecule has 0 aliphatic heterocycles. The standard InChI is InChI=1S/C18H24FN3OS.HI/c1-14(23-17-9-5-4-8-16(17)19)13-21-18(20-2)22(3)11-10-15-7-6-12-24-15;/h4-9,12,14H,10-11,13H2,1-3H3,(H,20,21);1H. The topological polar surface area (TPSA) is 36.9 Å². The van der Waals surface area contributed by atoms with Gasteiger partial charge in [0.1, 0.15) is 6.10 Å². The van der Waals surface area contributed by atoms with E-state index in [-0.39, 0.29) is 41.6 Å². The average Bonchev–Trinajstić information content (AvgIpc) is 3.09. The maximum absolute atomic E-state index is 13.6. The summed E-state index contributed by atoms with van der Waals surface area (Å²) in [5, 5.41) is 5.36. The highest BCUT2D eigenvalue weighted by molar-refractivity contribution is 14.0. The number of guanidine groups is 1. The SMILES string of the molecule is CN=C(NCC(C)Oc1ccccc1F)N(C)CCc1cccs1.I.